The Kier molecular flexibility index (Phi) is 20.8. The van der Waals surface area contributed by atoms with Crippen molar-refractivity contribution < 1.29 is 33.2 Å². The van der Waals surface area contributed by atoms with Gasteiger partial charge < -0.3 is 46.1 Å². The third kappa shape index (κ3) is 15.8. The van der Waals surface area contributed by atoms with Crippen LogP contribution < -0.4 is 41.3 Å². The first kappa shape index (κ1) is 51.5. The number of aldehydes is 2. The SMILES string of the molecule is CC(=O)N[C@@H]1C[C@@H]1F.CNC(=O)C(CCC=O)N(C)c1ccc(CCCCCCCCNC(=O)c2ccc(N(C)/C=C\C=C(/C=O)Nc3cc(NC)c4nccn4n3)cc2)cc1N(C)C=O. The number of nitrogens with zero attached hydrogens (tertiary/aromatic N) is 6. The van der Waals surface area contributed by atoms with Gasteiger partial charge in [-0.2, -0.15) is 0 Å². The lowest BCUT2D eigenvalue weighted by Crippen LogP contribution is -2.44. The van der Waals surface area contributed by atoms with E-state index in [1.807, 2.05) is 53.4 Å². The number of hydrogen-bond acceptors (Lipinski definition) is 12. The van der Waals surface area contributed by atoms with Crippen molar-refractivity contribution in [1.29, 1.82) is 0 Å². The van der Waals surface area contributed by atoms with Gasteiger partial charge >= 0.3 is 0 Å². The van der Waals surface area contributed by atoms with Crippen LogP contribution in [-0.4, -0.2) is 111 Å². The van der Waals surface area contributed by atoms with Crippen LogP contribution in [0.5, 0.6) is 0 Å². The van der Waals surface area contributed by atoms with Gasteiger partial charge in [-0.1, -0.05) is 31.7 Å². The average molecular weight is 910 g/mol. The summed E-state index contributed by atoms with van der Waals surface area (Å²) in [7, 11) is 8.75. The first-order valence-corrected chi connectivity index (χ1v) is 22.2. The van der Waals surface area contributed by atoms with E-state index in [9.17, 15) is 33.2 Å². The molecular weight excluding hydrogens is 846 g/mol. The van der Waals surface area contributed by atoms with Gasteiger partial charge in [0.2, 0.25) is 18.2 Å². The van der Waals surface area contributed by atoms with Crippen LogP contribution in [0.1, 0.15) is 80.6 Å². The summed E-state index contributed by atoms with van der Waals surface area (Å²) >= 11 is 0. The quantitative estimate of drug-likeness (QED) is 0.0227. The van der Waals surface area contributed by atoms with E-state index in [1.165, 1.54) is 11.8 Å². The van der Waals surface area contributed by atoms with Gasteiger partial charge in [-0.25, -0.2) is 13.9 Å². The highest BCUT2D eigenvalue weighted by Crippen LogP contribution is 2.32. The number of amides is 4. The van der Waals surface area contributed by atoms with E-state index in [-0.39, 0.29) is 30.2 Å². The molecule has 18 heteroatoms. The topological polar surface area (TPSA) is 202 Å². The number of hydrogen-bond donors (Lipinski definition) is 5. The lowest BCUT2D eigenvalue weighted by atomic mass is 10.0. The number of unbranched alkanes of at least 4 members (excludes halogenated alkanes) is 5. The molecule has 0 saturated heterocycles. The Morgan fingerprint density at radius 1 is 0.924 bits per heavy atom. The summed E-state index contributed by atoms with van der Waals surface area (Å²) in [6.07, 6.45) is 18.3. The fraction of sp³-hybridized carbons (Fsp3) is 0.417. The fourth-order valence-electron chi connectivity index (χ4n) is 7.09. The van der Waals surface area contributed by atoms with Crippen molar-refractivity contribution in [2.24, 2.45) is 0 Å². The van der Waals surface area contributed by atoms with Crippen molar-refractivity contribution in [3.05, 3.63) is 96.1 Å². The number of carbonyl (C=O) groups is 6. The molecule has 4 aromatic rings. The third-order valence-electron chi connectivity index (χ3n) is 11.0. The highest BCUT2D eigenvalue weighted by atomic mass is 19.1. The first-order chi connectivity index (χ1) is 31.8. The largest absolute Gasteiger partial charge is 0.385 e. The number of anilines is 5. The van der Waals surface area contributed by atoms with Crippen LogP contribution in [-0.2, 0) is 30.4 Å². The maximum absolute atomic E-state index is 12.8. The Hall–Kier alpha value is -7.11. The van der Waals surface area contributed by atoms with Gasteiger partial charge in [-0.3, -0.25) is 24.0 Å². The minimum absolute atomic E-state index is 0.111. The summed E-state index contributed by atoms with van der Waals surface area (Å²) in [5, 5.41) is 18.7. The predicted molar refractivity (Wildman–Crippen MR) is 258 cm³/mol. The highest BCUT2D eigenvalue weighted by molar-refractivity contribution is 5.94. The molecule has 66 heavy (non-hydrogen) atoms. The zero-order valence-electron chi connectivity index (χ0n) is 38.8. The third-order valence-corrected chi connectivity index (χ3v) is 11.0. The number of halogens is 1. The molecule has 4 amide bonds. The number of nitrogens with one attached hydrogen (secondary N) is 5. The molecule has 2 aromatic carbocycles. The second kappa shape index (κ2) is 26.6. The molecule has 1 fully saturated rings. The Morgan fingerprint density at radius 2 is 1.64 bits per heavy atom. The van der Waals surface area contributed by atoms with Gasteiger partial charge in [0.05, 0.1) is 28.8 Å². The van der Waals surface area contributed by atoms with Crippen LogP contribution in [0.3, 0.4) is 0 Å². The summed E-state index contributed by atoms with van der Waals surface area (Å²) in [5.74, 6) is 0.0507. The average Bonchev–Trinajstić information content (AvgIpc) is 3.79. The summed E-state index contributed by atoms with van der Waals surface area (Å²) in [6, 6.07) is 14.4. The molecule has 5 rings (SSSR count). The van der Waals surface area contributed by atoms with Crippen LogP contribution >= 0.6 is 0 Å². The number of carbonyl (C=O) groups excluding carboxylic acids is 6. The predicted octanol–water partition coefficient (Wildman–Crippen LogP) is 5.58. The van der Waals surface area contributed by atoms with Gasteiger partial charge in [-0.15, -0.1) is 5.10 Å². The van der Waals surface area contributed by atoms with Crippen molar-refractivity contribution in [2.75, 3.05) is 67.1 Å². The molecular formula is C48H64FN11O6. The van der Waals surface area contributed by atoms with Crippen molar-refractivity contribution in [3.8, 4) is 0 Å². The standard InChI is InChI=1S/C43H56N10O5.C5H8FNO/c1-44-36-29-40(49-53-26-24-46-41(36)53)48-34(30-55)15-12-25-50(3)35-20-18-33(19-21-35)42(57)47-23-11-9-7-6-8-10-14-32-17-22-37(39(28-32)51(4)31-56)52(5)38(16-13-27-54)43(58)45-2;1-3(8)7-5-2-4(5)6/h12,15,17-22,24-31,38,44H,6-11,13-14,16,23H2,1-5H3,(H,45,58)(H,47,57)(H,48,49);4-5H,2H2,1H3,(H,7,8)/b25-12-,34-15+;/t;4-,5+/m.0/s1. The number of rotatable bonds is 26. The molecule has 0 radical (unpaired) electrons. The van der Waals surface area contributed by atoms with Crippen molar-refractivity contribution in [3.63, 3.8) is 0 Å². The molecule has 1 aliphatic rings. The molecule has 2 heterocycles. The molecule has 0 bridgehead atoms. The molecule has 1 unspecified atom stereocenters. The highest BCUT2D eigenvalue weighted by Gasteiger charge is 2.37. The number of benzene rings is 2. The smallest absolute Gasteiger partial charge is 0.251 e. The Labute approximate surface area is 386 Å². The summed E-state index contributed by atoms with van der Waals surface area (Å²) in [5.41, 5.74) is 5.82. The van der Waals surface area contributed by atoms with E-state index in [4.69, 9.17) is 0 Å². The van der Waals surface area contributed by atoms with E-state index in [0.29, 0.717) is 47.8 Å². The number of allylic oxidation sites excluding steroid dienone is 3. The van der Waals surface area contributed by atoms with E-state index in [1.54, 1.807) is 75.5 Å². The number of aromatic nitrogens is 3. The van der Waals surface area contributed by atoms with Crippen LogP contribution in [0.15, 0.2) is 85.0 Å². The van der Waals surface area contributed by atoms with Crippen LogP contribution in [0, 0.1) is 0 Å². The maximum Gasteiger partial charge on any atom is 0.251 e. The van der Waals surface area contributed by atoms with E-state index in [2.05, 4.69) is 36.7 Å². The minimum atomic E-state index is -0.779. The second-order valence-electron chi connectivity index (χ2n) is 16.0. The molecule has 0 spiro atoms. The zero-order chi connectivity index (χ0) is 48.0. The van der Waals surface area contributed by atoms with Gasteiger partial charge in [0.15, 0.2) is 17.8 Å². The molecule has 3 atom stereocenters. The lowest BCUT2D eigenvalue weighted by molar-refractivity contribution is -0.122. The summed E-state index contributed by atoms with van der Waals surface area (Å²) in [4.78, 5) is 79.5. The van der Waals surface area contributed by atoms with Gasteiger partial charge in [0.1, 0.15) is 18.5 Å². The molecule has 354 valence electrons. The molecule has 5 N–H and O–H groups in total. The molecule has 1 aliphatic carbocycles. The summed E-state index contributed by atoms with van der Waals surface area (Å²) < 4.78 is 13.5. The van der Waals surface area contributed by atoms with Crippen LogP contribution in [0.25, 0.3) is 5.65 Å². The van der Waals surface area contributed by atoms with Gasteiger partial charge in [-0.05, 0) is 79.8 Å². The second-order valence-corrected chi connectivity index (χ2v) is 16.0. The van der Waals surface area contributed by atoms with Gasteiger partial charge in [0.25, 0.3) is 5.91 Å². The summed E-state index contributed by atoms with van der Waals surface area (Å²) in [6.45, 7) is 2.00. The van der Waals surface area contributed by atoms with Gasteiger partial charge in [0, 0.05) is 97.5 Å². The first-order valence-electron chi connectivity index (χ1n) is 22.2. The molecule has 1 saturated carbocycles. The molecule has 0 aliphatic heterocycles. The minimum Gasteiger partial charge on any atom is -0.385 e. The molecule has 17 nitrogen and oxygen atoms in total. The number of imidazole rings is 1. The Morgan fingerprint density at radius 3 is 2.26 bits per heavy atom. The Bertz CT molecular complexity index is 2300. The van der Waals surface area contributed by atoms with Crippen LogP contribution in [0.4, 0.5) is 33.0 Å². The normalized spacial score (nSPS) is 14.6. The number of alkyl halides is 1. The van der Waals surface area contributed by atoms with E-state index < -0.39 is 12.2 Å². The van der Waals surface area contributed by atoms with Crippen molar-refractivity contribution in [1.82, 2.24) is 30.5 Å². The van der Waals surface area contributed by atoms with Crippen molar-refractivity contribution in [2.45, 2.75) is 89.4 Å². The number of aryl methyl sites for hydroxylation is 1. The van der Waals surface area contributed by atoms with Crippen molar-refractivity contribution >= 4 is 70.9 Å². The van der Waals surface area contributed by atoms with E-state index in [0.717, 1.165) is 86.6 Å². The lowest BCUT2D eigenvalue weighted by Gasteiger charge is -2.31. The zero-order valence-corrected chi connectivity index (χ0v) is 38.8. The molecule has 2 aromatic heterocycles. The van der Waals surface area contributed by atoms with Crippen LogP contribution in [0.2, 0.25) is 0 Å². The maximum atomic E-state index is 12.8. The van der Waals surface area contributed by atoms with E-state index >= 15 is 0 Å². The Balaban J connectivity index is 0.00000107. The number of likely N-dealkylation sites (N-methyl/N-ethyl adjacent to an activating group) is 2. The number of fused-ring (bicyclic) bond motifs is 1. The fourth-order valence-corrected chi connectivity index (χ4v) is 7.09. The monoisotopic (exact) mass is 910 g/mol.